The first-order valence-corrected chi connectivity index (χ1v) is 8.20. The Morgan fingerprint density at radius 1 is 1.11 bits per heavy atom. The van der Waals surface area contributed by atoms with Crippen LogP contribution in [0.5, 0.6) is 0 Å². The molecule has 2 unspecified atom stereocenters. The molecule has 2 nitrogen and oxygen atoms in total. The summed E-state index contributed by atoms with van der Waals surface area (Å²) in [5.74, 6) is 1.83. The highest BCUT2D eigenvalue weighted by Crippen LogP contribution is 2.46. The molecule has 0 amide bonds. The summed E-state index contributed by atoms with van der Waals surface area (Å²) in [5, 5.41) is 3.82. The molecule has 104 valence electrons. The summed E-state index contributed by atoms with van der Waals surface area (Å²) in [6, 6.07) is 0.777. The first-order valence-electron chi connectivity index (χ1n) is 8.20. The Morgan fingerprint density at radius 3 is 2.50 bits per heavy atom. The minimum Gasteiger partial charge on any atom is -0.375 e. The van der Waals surface area contributed by atoms with Crippen molar-refractivity contribution in [1.82, 2.24) is 5.32 Å². The Hall–Kier alpha value is -0.0800. The molecule has 3 fully saturated rings. The third-order valence-corrected chi connectivity index (χ3v) is 5.65. The van der Waals surface area contributed by atoms with E-state index in [2.05, 4.69) is 12.2 Å². The highest BCUT2D eigenvalue weighted by atomic mass is 16.5. The topological polar surface area (TPSA) is 21.3 Å². The number of ether oxygens (including phenoxy) is 1. The quantitative estimate of drug-likeness (QED) is 0.825. The van der Waals surface area contributed by atoms with Crippen LogP contribution in [-0.2, 0) is 4.74 Å². The van der Waals surface area contributed by atoms with Crippen LogP contribution in [0.4, 0.5) is 0 Å². The zero-order chi connectivity index (χ0) is 12.4. The van der Waals surface area contributed by atoms with Gasteiger partial charge in [0.1, 0.15) is 0 Å². The molecule has 1 aliphatic heterocycles. The van der Waals surface area contributed by atoms with Crippen molar-refractivity contribution in [3.8, 4) is 0 Å². The maximum absolute atomic E-state index is 6.09. The van der Waals surface area contributed by atoms with E-state index in [1.165, 1.54) is 57.8 Å². The van der Waals surface area contributed by atoms with Gasteiger partial charge >= 0.3 is 0 Å². The molecule has 0 bridgehead atoms. The summed E-state index contributed by atoms with van der Waals surface area (Å²) in [7, 11) is 0. The fraction of sp³-hybridized carbons (Fsp3) is 1.00. The van der Waals surface area contributed by atoms with Gasteiger partial charge < -0.3 is 10.1 Å². The molecule has 2 heteroatoms. The number of rotatable bonds is 4. The summed E-state index contributed by atoms with van der Waals surface area (Å²) in [6.07, 6.45) is 12.5. The number of hydrogen-bond donors (Lipinski definition) is 1. The molecule has 1 saturated heterocycles. The van der Waals surface area contributed by atoms with Crippen molar-refractivity contribution in [2.24, 2.45) is 11.8 Å². The summed E-state index contributed by atoms with van der Waals surface area (Å²) in [6.45, 7) is 4.41. The molecule has 18 heavy (non-hydrogen) atoms. The van der Waals surface area contributed by atoms with Crippen molar-refractivity contribution < 1.29 is 4.74 Å². The van der Waals surface area contributed by atoms with Crippen molar-refractivity contribution in [1.29, 1.82) is 0 Å². The monoisotopic (exact) mass is 251 g/mol. The SMILES string of the molecule is CCNC(C1CCCC1)C1CCOC2(CCC2)C1. The first kappa shape index (κ1) is 12.9. The van der Waals surface area contributed by atoms with Gasteiger partial charge in [-0.2, -0.15) is 0 Å². The van der Waals surface area contributed by atoms with E-state index in [-0.39, 0.29) is 0 Å². The minimum absolute atomic E-state index is 0.315. The molecule has 1 heterocycles. The van der Waals surface area contributed by atoms with Crippen LogP contribution in [0.2, 0.25) is 0 Å². The van der Waals surface area contributed by atoms with Gasteiger partial charge in [0.25, 0.3) is 0 Å². The molecule has 0 aromatic rings. The largest absolute Gasteiger partial charge is 0.375 e. The molecule has 0 aromatic heterocycles. The van der Waals surface area contributed by atoms with Gasteiger partial charge in [0.05, 0.1) is 5.60 Å². The van der Waals surface area contributed by atoms with Gasteiger partial charge in [-0.15, -0.1) is 0 Å². The maximum atomic E-state index is 6.09. The zero-order valence-electron chi connectivity index (χ0n) is 11.9. The van der Waals surface area contributed by atoms with Gasteiger partial charge in [-0.25, -0.2) is 0 Å². The van der Waals surface area contributed by atoms with E-state index in [4.69, 9.17) is 4.74 Å². The standard InChI is InChI=1S/C16H29NO/c1-2-17-15(13-6-3-4-7-13)14-8-11-18-16(12-14)9-5-10-16/h13-15,17H,2-12H2,1H3. The maximum Gasteiger partial charge on any atom is 0.0685 e. The van der Waals surface area contributed by atoms with E-state index in [0.717, 1.165) is 31.0 Å². The summed E-state index contributed by atoms with van der Waals surface area (Å²) in [5.41, 5.74) is 0.315. The van der Waals surface area contributed by atoms with Gasteiger partial charge in [0.15, 0.2) is 0 Å². The predicted molar refractivity (Wildman–Crippen MR) is 74.7 cm³/mol. The van der Waals surface area contributed by atoms with Crippen LogP contribution in [0.1, 0.15) is 64.7 Å². The lowest BCUT2D eigenvalue weighted by Gasteiger charge is -2.49. The minimum atomic E-state index is 0.315. The highest BCUT2D eigenvalue weighted by molar-refractivity contribution is 4.98. The van der Waals surface area contributed by atoms with E-state index in [1.807, 2.05) is 0 Å². The predicted octanol–water partition coefficient (Wildman–Crippen LogP) is 3.50. The molecule has 0 aromatic carbocycles. The molecule has 0 radical (unpaired) electrons. The van der Waals surface area contributed by atoms with E-state index in [0.29, 0.717) is 5.60 Å². The fourth-order valence-corrected chi connectivity index (χ4v) is 4.56. The third kappa shape index (κ3) is 2.46. The smallest absolute Gasteiger partial charge is 0.0685 e. The second kappa shape index (κ2) is 5.50. The van der Waals surface area contributed by atoms with Crippen LogP contribution in [-0.4, -0.2) is 24.8 Å². The van der Waals surface area contributed by atoms with E-state index in [9.17, 15) is 0 Å². The fourth-order valence-electron chi connectivity index (χ4n) is 4.56. The average Bonchev–Trinajstić information content (AvgIpc) is 2.88. The second-order valence-electron chi connectivity index (χ2n) is 6.77. The molecule has 2 atom stereocenters. The second-order valence-corrected chi connectivity index (χ2v) is 6.77. The molecule has 3 rings (SSSR count). The lowest BCUT2D eigenvalue weighted by atomic mass is 9.68. The number of hydrogen-bond acceptors (Lipinski definition) is 2. The van der Waals surface area contributed by atoms with Crippen molar-refractivity contribution in [3.05, 3.63) is 0 Å². The molecular weight excluding hydrogens is 222 g/mol. The molecule has 1 spiro atoms. The van der Waals surface area contributed by atoms with E-state index in [1.54, 1.807) is 0 Å². The Morgan fingerprint density at radius 2 is 1.89 bits per heavy atom. The van der Waals surface area contributed by atoms with Crippen molar-refractivity contribution in [3.63, 3.8) is 0 Å². The lowest BCUT2D eigenvalue weighted by Crippen LogP contribution is -2.52. The Bertz CT molecular complexity index is 268. The van der Waals surface area contributed by atoms with Gasteiger partial charge in [0, 0.05) is 12.6 Å². The van der Waals surface area contributed by atoms with E-state index >= 15 is 0 Å². The zero-order valence-corrected chi connectivity index (χ0v) is 11.9. The average molecular weight is 251 g/mol. The van der Waals surface area contributed by atoms with Gasteiger partial charge in [-0.1, -0.05) is 19.8 Å². The van der Waals surface area contributed by atoms with Crippen molar-refractivity contribution in [2.45, 2.75) is 76.4 Å². The Labute approximate surface area is 112 Å². The Balaban J connectivity index is 1.65. The first-order chi connectivity index (χ1) is 8.83. The van der Waals surface area contributed by atoms with Gasteiger partial charge in [0.2, 0.25) is 0 Å². The van der Waals surface area contributed by atoms with Crippen LogP contribution in [0, 0.1) is 11.8 Å². The van der Waals surface area contributed by atoms with Gasteiger partial charge in [-0.3, -0.25) is 0 Å². The van der Waals surface area contributed by atoms with Crippen LogP contribution in [0.25, 0.3) is 0 Å². The van der Waals surface area contributed by atoms with Crippen molar-refractivity contribution >= 4 is 0 Å². The third-order valence-electron chi connectivity index (χ3n) is 5.65. The van der Waals surface area contributed by atoms with Crippen LogP contribution in [0.15, 0.2) is 0 Å². The van der Waals surface area contributed by atoms with Crippen LogP contribution < -0.4 is 5.32 Å². The van der Waals surface area contributed by atoms with Crippen molar-refractivity contribution in [2.75, 3.05) is 13.2 Å². The highest BCUT2D eigenvalue weighted by Gasteiger charge is 2.45. The molecule has 1 N–H and O–H groups in total. The molecule has 2 saturated carbocycles. The molecular formula is C16H29NO. The van der Waals surface area contributed by atoms with Crippen LogP contribution >= 0.6 is 0 Å². The summed E-state index contributed by atoms with van der Waals surface area (Å²) < 4.78 is 6.09. The van der Waals surface area contributed by atoms with E-state index < -0.39 is 0 Å². The van der Waals surface area contributed by atoms with Gasteiger partial charge in [-0.05, 0) is 63.3 Å². The lowest BCUT2D eigenvalue weighted by molar-refractivity contribution is -0.149. The summed E-state index contributed by atoms with van der Waals surface area (Å²) in [4.78, 5) is 0. The molecule has 2 aliphatic carbocycles. The Kier molecular flexibility index (Phi) is 3.95. The molecule has 3 aliphatic rings. The normalized spacial score (nSPS) is 33.5. The number of nitrogens with one attached hydrogen (secondary N) is 1. The summed E-state index contributed by atoms with van der Waals surface area (Å²) >= 11 is 0. The van der Waals surface area contributed by atoms with Crippen LogP contribution in [0.3, 0.4) is 0 Å².